The molecule has 4 N–H and O–H groups in total. The number of benzene rings is 2. The molecule has 0 radical (unpaired) electrons. The van der Waals surface area contributed by atoms with Gasteiger partial charge in [-0.1, -0.05) is 25.7 Å². The highest BCUT2D eigenvalue weighted by Crippen LogP contribution is 2.34. The molecule has 4 amide bonds. The molecule has 360 valence electrons. The van der Waals surface area contributed by atoms with E-state index in [1.807, 2.05) is 6.08 Å². The number of rotatable bonds is 13. The second kappa shape index (κ2) is 22.1. The first-order valence-corrected chi connectivity index (χ1v) is 20.6. The first-order chi connectivity index (χ1) is 31.7. The lowest BCUT2D eigenvalue weighted by Gasteiger charge is -2.28. The van der Waals surface area contributed by atoms with Crippen LogP contribution in [0.3, 0.4) is 0 Å². The third-order valence-corrected chi connectivity index (χ3v) is 10.9. The number of anilines is 2. The maximum absolute atomic E-state index is 14.9. The molecule has 67 heavy (non-hydrogen) atoms. The standard InChI is InChI=1S/C22H23F2N3O6.C21H21F2N3O7.CH4/c23-16-8-14(27-10-15(33-22(27)31)12-32-19-2-1-5-25-19)9-17(24)20(16)13-3-6-26(7-4-13)21(30)18(29)11-28;22-15-7-13(26-9-14(33-21(26)30)11-31-18-3-6-32-24-18)8-16(23)19(15)12-1-4-25(5-2-12)20(29)17(28)10-27;/h1-3,8-9,15,18,28-29H,4-7,10-12H2;1,3,6-8,14,17,27-28H,2,4-5,9-11H2;1H4/t15-,18+;;/m1../s1. The molecule has 3 aromatic rings. The van der Waals surface area contributed by atoms with Gasteiger partial charge in [0.05, 0.1) is 44.2 Å². The summed E-state index contributed by atoms with van der Waals surface area (Å²) in [6.07, 6.45) is 2.36. The van der Waals surface area contributed by atoms with Gasteiger partial charge in [-0.2, -0.15) is 0 Å². The summed E-state index contributed by atoms with van der Waals surface area (Å²) in [5, 5.41) is 40.3. The van der Waals surface area contributed by atoms with Crippen LogP contribution in [0.5, 0.6) is 5.88 Å². The van der Waals surface area contributed by atoms with E-state index < -0.39 is 84.9 Å². The summed E-state index contributed by atoms with van der Waals surface area (Å²) in [5.74, 6) is -4.04. The predicted molar refractivity (Wildman–Crippen MR) is 229 cm³/mol. The van der Waals surface area contributed by atoms with Crippen molar-refractivity contribution in [2.75, 3.05) is 82.0 Å². The van der Waals surface area contributed by atoms with Gasteiger partial charge in [0, 0.05) is 43.4 Å². The zero-order chi connectivity index (χ0) is 47.1. The molecule has 6 heterocycles. The van der Waals surface area contributed by atoms with Gasteiger partial charge in [-0.25, -0.2) is 32.1 Å². The second-order valence-corrected chi connectivity index (χ2v) is 15.3. The van der Waals surface area contributed by atoms with E-state index in [0.29, 0.717) is 23.6 Å². The Morgan fingerprint density at radius 2 is 1.21 bits per heavy atom. The summed E-state index contributed by atoms with van der Waals surface area (Å²) in [5.41, 5.74) is 0.293. The number of aliphatic imine (C=N–C) groups is 1. The minimum atomic E-state index is -1.53. The van der Waals surface area contributed by atoms with Crippen molar-refractivity contribution < 1.29 is 80.6 Å². The number of aliphatic hydroxyl groups excluding tert-OH is 4. The molecule has 19 nitrogen and oxygen atoms in total. The van der Waals surface area contributed by atoms with Crippen molar-refractivity contribution >= 4 is 52.4 Å². The Labute approximate surface area is 380 Å². The number of halogens is 4. The molecule has 23 heteroatoms. The van der Waals surface area contributed by atoms with Crippen LogP contribution in [0.2, 0.25) is 0 Å². The van der Waals surface area contributed by atoms with Gasteiger partial charge >= 0.3 is 12.2 Å². The van der Waals surface area contributed by atoms with Crippen LogP contribution in [0.25, 0.3) is 11.1 Å². The fourth-order valence-corrected chi connectivity index (χ4v) is 7.53. The molecular formula is C44H48F4N6O13. The van der Waals surface area contributed by atoms with E-state index in [1.165, 1.54) is 34.3 Å². The summed E-state index contributed by atoms with van der Waals surface area (Å²) in [7, 11) is 0. The van der Waals surface area contributed by atoms with Crippen LogP contribution in [0.4, 0.5) is 38.5 Å². The van der Waals surface area contributed by atoms with Crippen LogP contribution in [0.1, 0.15) is 31.4 Å². The number of cyclic esters (lactones) is 2. The van der Waals surface area contributed by atoms with Gasteiger partial charge in [-0.3, -0.25) is 19.4 Å². The molecule has 5 aliphatic heterocycles. The van der Waals surface area contributed by atoms with Gasteiger partial charge < -0.3 is 53.7 Å². The Morgan fingerprint density at radius 1 is 0.746 bits per heavy atom. The Bertz CT molecular complexity index is 2390. The summed E-state index contributed by atoms with van der Waals surface area (Å²) >= 11 is 0. The molecule has 2 fully saturated rings. The zero-order valence-corrected chi connectivity index (χ0v) is 34.9. The van der Waals surface area contributed by atoms with Crippen LogP contribution >= 0.6 is 0 Å². The Kier molecular flexibility index (Phi) is 16.4. The molecule has 8 rings (SSSR count). The second-order valence-electron chi connectivity index (χ2n) is 15.3. The van der Waals surface area contributed by atoms with Gasteiger partial charge in [0.25, 0.3) is 17.7 Å². The van der Waals surface area contributed by atoms with Crippen molar-refractivity contribution in [3.05, 3.63) is 95.3 Å². The summed E-state index contributed by atoms with van der Waals surface area (Å²) in [6, 6.07) is 5.73. The van der Waals surface area contributed by atoms with Gasteiger partial charge in [0.2, 0.25) is 5.90 Å². The Morgan fingerprint density at radius 3 is 1.58 bits per heavy atom. The number of hydrogen-bond acceptors (Lipinski definition) is 15. The van der Waals surface area contributed by atoms with Crippen molar-refractivity contribution in [1.29, 1.82) is 0 Å². The maximum atomic E-state index is 14.9. The quantitative estimate of drug-likeness (QED) is 0.180. The summed E-state index contributed by atoms with van der Waals surface area (Å²) < 4.78 is 85.4. The predicted octanol–water partition coefficient (Wildman–Crippen LogP) is 3.21. The summed E-state index contributed by atoms with van der Waals surface area (Å²) in [4.78, 5) is 57.3. The molecule has 2 unspecified atom stereocenters. The molecular weight excluding hydrogens is 897 g/mol. The lowest BCUT2D eigenvalue weighted by atomic mass is 9.97. The van der Waals surface area contributed by atoms with Gasteiger partial charge in [0.15, 0.2) is 24.4 Å². The molecule has 5 aliphatic rings. The number of aromatic nitrogens is 1. The highest BCUT2D eigenvalue weighted by Gasteiger charge is 2.36. The minimum absolute atomic E-state index is 0. The number of ether oxygens (including phenoxy) is 4. The third-order valence-electron chi connectivity index (χ3n) is 10.9. The fraction of sp³-hybridized carbons (Fsp3) is 0.409. The van der Waals surface area contributed by atoms with Crippen LogP contribution in [-0.2, 0) is 23.8 Å². The number of aliphatic hydroxyl groups is 4. The molecule has 2 saturated heterocycles. The van der Waals surface area contributed by atoms with Crippen molar-refractivity contribution in [2.24, 2.45) is 4.99 Å². The van der Waals surface area contributed by atoms with Crippen molar-refractivity contribution in [3.8, 4) is 5.88 Å². The van der Waals surface area contributed by atoms with Gasteiger partial charge in [0.1, 0.15) is 42.7 Å². The number of hydrogen-bond donors (Lipinski definition) is 4. The average molecular weight is 945 g/mol. The SMILES string of the molecule is C.O=C(C(O)CO)N1CC=C(c2c(F)cc(N3CC(COc4ccon4)OC3=O)cc2F)CC1.O=C([C@@H](O)CO)N1CC=C(c2c(F)cc(N3C[C@H](COC4=NCC=C4)OC3=O)cc2F)CC1. The Balaban J connectivity index is 0.000000218. The number of carbonyl (C=O) groups excluding carboxylic acids is 4. The fourth-order valence-electron chi connectivity index (χ4n) is 7.53. The topological polar surface area (TPSA) is 237 Å². The van der Waals surface area contributed by atoms with Crippen LogP contribution in [0.15, 0.2) is 70.4 Å². The lowest BCUT2D eigenvalue weighted by molar-refractivity contribution is -0.142. The van der Waals surface area contributed by atoms with Gasteiger partial charge in [-0.05, 0) is 59.5 Å². The molecule has 2 aromatic carbocycles. The first-order valence-electron chi connectivity index (χ1n) is 20.6. The lowest BCUT2D eigenvalue weighted by Crippen LogP contribution is -2.42. The molecule has 1 aromatic heterocycles. The van der Waals surface area contributed by atoms with Gasteiger partial charge in [-0.15, -0.1) is 0 Å². The molecule has 0 saturated carbocycles. The van der Waals surface area contributed by atoms with E-state index in [9.17, 15) is 47.0 Å². The molecule has 4 atom stereocenters. The maximum Gasteiger partial charge on any atom is 0.414 e. The van der Waals surface area contributed by atoms with E-state index in [-0.39, 0.29) is 101 Å². The monoisotopic (exact) mass is 944 g/mol. The number of carbonyl (C=O) groups is 4. The number of amides is 4. The van der Waals surface area contributed by atoms with E-state index in [0.717, 1.165) is 34.1 Å². The van der Waals surface area contributed by atoms with E-state index >= 15 is 0 Å². The molecule has 0 bridgehead atoms. The van der Waals surface area contributed by atoms with E-state index in [1.54, 1.807) is 6.08 Å². The molecule has 0 spiro atoms. The average Bonchev–Trinajstić information content (AvgIpc) is 4.16. The van der Waals surface area contributed by atoms with Crippen LogP contribution < -0.4 is 14.5 Å². The number of nitrogens with zero attached hydrogens (tertiary/aromatic N) is 6. The van der Waals surface area contributed by atoms with Crippen LogP contribution in [-0.4, -0.2) is 162 Å². The highest BCUT2D eigenvalue weighted by molar-refractivity contribution is 5.92. The summed E-state index contributed by atoms with van der Waals surface area (Å²) in [6.45, 7) is -0.348. The van der Waals surface area contributed by atoms with E-state index in [4.69, 9.17) is 29.2 Å². The first kappa shape index (κ1) is 49.6. The molecule has 0 aliphatic carbocycles. The van der Waals surface area contributed by atoms with Crippen molar-refractivity contribution in [2.45, 2.75) is 44.7 Å². The Hall–Kier alpha value is -6.82. The smallest absolute Gasteiger partial charge is 0.414 e. The highest BCUT2D eigenvalue weighted by atomic mass is 19.1. The normalized spacial score (nSPS) is 19.9. The van der Waals surface area contributed by atoms with Crippen LogP contribution in [0, 0.1) is 23.3 Å². The van der Waals surface area contributed by atoms with Crippen molar-refractivity contribution in [1.82, 2.24) is 15.0 Å². The van der Waals surface area contributed by atoms with Crippen molar-refractivity contribution in [3.63, 3.8) is 0 Å². The minimum Gasteiger partial charge on any atom is -0.474 e. The van der Waals surface area contributed by atoms with E-state index in [2.05, 4.69) is 14.7 Å². The largest absolute Gasteiger partial charge is 0.474 e. The zero-order valence-electron chi connectivity index (χ0n) is 34.9. The third kappa shape index (κ3) is 11.6.